The molecule has 4 rings (SSSR count). The Labute approximate surface area is 158 Å². The molecule has 0 radical (unpaired) electrons. The van der Waals surface area contributed by atoms with E-state index >= 15 is 0 Å². The molecule has 1 fully saturated rings. The van der Waals surface area contributed by atoms with Crippen molar-refractivity contribution < 1.29 is 9.84 Å². The van der Waals surface area contributed by atoms with Crippen LogP contribution in [0.4, 0.5) is 0 Å². The van der Waals surface area contributed by atoms with Gasteiger partial charge in [0.15, 0.2) is 0 Å². The summed E-state index contributed by atoms with van der Waals surface area (Å²) in [6.45, 7) is 2.33. The molecule has 0 heterocycles. The average molecular weight is 353 g/mol. The van der Waals surface area contributed by atoms with Crippen LogP contribution in [0.2, 0.25) is 0 Å². The molecule has 2 nitrogen and oxygen atoms in total. The molecule has 0 aliphatic heterocycles. The molecule has 0 spiro atoms. The zero-order chi connectivity index (χ0) is 18.1. The summed E-state index contributed by atoms with van der Waals surface area (Å²) in [7, 11) is 1.81. The first-order chi connectivity index (χ1) is 12.7. The number of allylic oxidation sites excluding steroid dienone is 3. The van der Waals surface area contributed by atoms with Gasteiger partial charge in [-0.2, -0.15) is 0 Å². The van der Waals surface area contributed by atoms with Crippen molar-refractivity contribution in [1.82, 2.24) is 0 Å². The minimum absolute atomic E-state index is 0.321. The Balaban J connectivity index is 1.88. The molecule has 0 amide bonds. The van der Waals surface area contributed by atoms with Crippen molar-refractivity contribution in [3.8, 4) is 5.75 Å². The van der Waals surface area contributed by atoms with Crippen LogP contribution >= 0.6 is 0 Å². The molecule has 3 aliphatic carbocycles. The number of fused-ring (bicyclic) bond motifs is 3. The Morgan fingerprint density at radius 1 is 1.12 bits per heavy atom. The highest BCUT2D eigenvalue weighted by atomic mass is 16.5. The lowest BCUT2D eigenvalue weighted by molar-refractivity contribution is 0.248. The van der Waals surface area contributed by atoms with Gasteiger partial charge in [0.2, 0.25) is 0 Å². The lowest BCUT2D eigenvalue weighted by atomic mass is 9.57. The van der Waals surface area contributed by atoms with Gasteiger partial charge < -0.3 is 9.84 Å². The molecule has 1 aromatic carbocycles. The Hall–Kier alpha value is -1.70. The highest BCUT2D eigenvalue weighted by Crippen LogP contribution is 2.56. The van der Waals surface area contributed by atoms with Gasteiger partial charge in [0.05, 0.1) is 7.11 Å². The molecular weight excluding hydrogens is 320 g/mol. The third kappa shape index (κ3) is 2.98. The molecule has 3 aliphatic rings. The van der Waals surface area contributed by atoms with Gasteiger partial charge in [-0.25, -0.2) is 0 Å². The lowest BCUT2D eigenvalue weighted by Crippen LogP contribution is -2.36. The van der Waals surface area contributed by atoms with E-state index in [9.17, 15) is 5.11 Å². The van der Waals surface area contributed by atoms with Crippen molar-refractivity contribution >= 4 is 5.76 Å². The summed E-state index contributed by atoms with van der Waals surface area (Å²) in [5.41, 5.74) is 6.16. The van der Waals surface area contributed by atoms with E-state index in [2.05, 4.69) is 13.0 Å². The van der Waals surface area contributed by atoms with Crippen LogP contribution in [0.15, 0.2) is 41.0 Å². The second kappa shape index (κ2) is 7.50. The molecule has 3 atom stereocenters. The van der Waals surface area contributed by atoms with E-state index in [1.54, 1.807) is 17.2 Å². The maximum Gasteiger partial charge on any atom is 0.126 e. The summed E-state index contributed by atoms with van der Waals surface area (Å²) < 4.78 is 6.02. The second-order valence-electron chi connectivity index (χ2n) is 8.28. The van der Waals surface area contributed by atoms with E-state index in [-0.39, 0.29) is 0 Å². The summed E-state index contributed by atoms with van der Waals surface area (Å²) >= 11 is 0. The molecule has 26 heavy (non-hydrogen) atoms. The number of ether oxygens (including phenoxy) is 1. The zero-order valence-corrected chi connectivity index (χ0v) is 16.3. The number of hydrogen-bond donors (Lipinski definition) is 1. The van der Waals surface area contributed by atoms with Crippen molar-refractivity contribution in [2.24, 2.45) is 17.8 Å². The normalized spacial score (nSPS) is 30.0. The van der Waals surface area contributed by atoms with E-state index in [4.69, 9.17) is 4.74 Å². The predicted molar refractivity (Wildman–Crippen MR) is 107 cm³/mol. The van der Waals surface area contributed by atoms with Gasteiger partial charge in [-0.3, -0.25) is 0 Å². The van der Waals surface area contributed by atoms with Crippen LogP contribution in [0.25, 0.3) is 5.76 Å². The van der Waals surface area contributed by atoms with Crippen LogP contribution in [0.1, 0.15) is 70.3 Å². The summed E-state index contributed by atoms with van der Waals surface area (Å²) in [4.78, 5) is 0. The minimum atomic E-state index is 0.321. The van der Waals surface area contributed by atoms with Crippen LogP contribution in [-0.4, -0.2) is 12.2 Å². The first-order valence-electron chi connectivity index (χ1n) is 10.5. The van der Waals surface area contributed by atoms with Crippen molar-refractivity contribution in [2.45, 2.75) is 64.7 Å². The first-order valence-corrected chi connectivity index (χ1v) is 10.5. The standard InChI is InChI=1S/C24H32O2/c1-3-8-18-19-11-4-5-12-20(19)22-14-7-13-21(18)23(22)24(26-2)16-9-6-10-17(25)15-16/h6,9-10,15,18,21-22,25H,3-5,7-8,11-14H2,1-2H3. The molecule has 1 saturated carbocycles. The van der Waals surface area contributed by atoms with E-state index in [0.717, 1.165) is 11.3 Å². The van der Waals surface area contributed by atoms with Crippen LogP contribution in [0.3, 0.4) is 0 Å². The van der Waals surface area contributed by atoms with Gasteiger partial charge in [-0.05, 0) is 74.5 Å². The number of phenols is 1. The van der Waals surface area contributed by atoms with Crippen molar-refractivity contribution in [3.05, 3.63) is 46.5 Å². The Bertz CT molecular complexity index is 727. The lowest BCUT2D eigenvalue weighted by Gasteiger charge is -2.48. The topological polar surface area (TPSA) is 29.5 Å². The predicted octanol–water partition coefficient (Wildman–Crippen LogP) is 6.47. The summed E-state index contributed by atoms with van der Waals surface area (Å²) in [5, 5.41) is 9.99. The quantitative estimate of drug-likeness (QED) is 0.497. The number of rotatable bonds is 4. The SMILES string of the molecule is CCCC1C2=C(CCCC2)C2CCCC1C2=C(OC)c1cccc(O)c1. The van der Waals surface area contributed by atoms with Crippen LogP contribution < -0.4 is 0 Å². The maximum atomic E-state index is 9.99. The Kier molecular flexibility index (Phi) is 5.11. The van der Waals surface area contributed by atoms with Gasteiger partial charge in [0.1, 0.15) is 11.5 Å². The largest absolute Gasteiger partial charge is 0.508 e. The van der Waals surface area contributed by atoms with Crippen LogP contribution in [0, 0.1) is 17.8 Å². The van der Waals surface area contributed by atoms with E-state index in [1.165, 1.54) is 57.8 Å². The fourth-order valence-electron chi connectivity index (χ4n) is 5.97. The fraction of sp³-hybridized carbons (Fsp3) is 0.583. The summed E-state index contributed by atoms with van der Waals surface area (Å²) in [5.74, 6) is 3.27. The van der Waals surface area contributed by atoms with Crippen molar-refractivity contribution in [3.63, 3.8) is 0 Å². The smallest absolute Gasteiger partial charge is 0.126 e. The fourth-order valence-corrected chi connectivity index (χ4v) is 5.97. The Morgan fingerprint density at radius 2 is 1.92 bits per heavy atom. The molecule has 140 valence electrons. The molecule has 2 bridgehead atoms. The summed E-state index contributed by atoms with van der Waals surface area (Å²) in [6, 6.07) is 7.62. The second-order valence-corrected chi connectivity index (χ2v) is 8.28. The van der Waals surface area contributed by atoms with E-state index in [0.29, 0.717) is 23.5 Å². The monoisotopic (exact) mass is 352 g/mol. The van der Waals surface area contributed by atoms with Gasteiger partial charge in [-0.15, -0.1) is 0 Å². The number of phenolic OH excluding ortho intramolecular Hbond substituents is 1. The molecule has 3 unspecified atom stereocenters. The Morgan fingerprint density at radius 3 is 2.65 bits per heavy atom. The molecular formula is C24H32O2. The third-order valence-electron chi connectivity index (χ3n) is 6.87. The highest BCUT2D eigenvalue weighted by molar-refractivity contribution is 5.67. The number of aromatic hydroxyl groups is 1. The van der Waals surface area contributed by atoms with Gasteiger partial charge in [0.25, 0.3) is 0 Å². The number of methoxy groups -OCH3 is 1. The highest BCUT2D eigenvalue weighted by Gasteiger charge is 2.44. The van der Waals surface area contributed by atoms with Gasteiger partial charge in [0, 0.05) is 11.5 Å². The van der Waals surface area contributed by atoms with Crippen LogP contribution in [-0.2, 0) is 4.74 Å². The van der Waals surface area contributed by atoms with Crippen molar-refractivity contribution in [1.29, 1.82) is 0 Å². The number of benzene rings is 1. The number of hydrogen-bond acceptors (Lipinski definition) is 2. The van der Waals surface area contributed by atoms with Gasteiger partial charge >= 0.3 is 0 Å². The molecule has 0 saturated heterocycles. The van der Waals surface area contributed by atoms with E-state index < -0.39 is 0 Å². The minimum Gasteiger partial charge on any atom is -0.508 e. The first kappa shape index (κ1) is 17.7. The maximum absolute atomic E-state index is 9.99. The third-order valence-corrected chi connectivity index (χ3v) is 6.87. The zero-order valence-electron chi connectivity index (χ0n) is 16.3. The molecule has 2 heteroatoms. The molecule has 0 aromatic heterocycles. The molecule has 1 aromatic rings. The van der Waals surface area contributed by atoms with E-state index in [1.807, 2.05) is 24.8 Å². The average Bonchev–Trinajstić information content (AvgIpc) is 2.66. The van der Waals surface area contributed by atoms with Crippen molar-refractivity contribution in [2.75, 3.05) is 7.11 Å². The van der Waals surface area contributed by atoms with Crippen LogP contribution in [0.5, 0.6) is 5.75 Å². The molecule has 1 N–H and O–H groups in total. The van der Waals surface area contributed by atoms with Gasteiger partial charge in [-0.1, -0.05) is 43.0 Å². The summed E-state index contributed by atoms with van der Waals surface area (Å²) in [6.07, 6.45) is 11.8.